The van der Waals surface area contributed by atoms with Gasteiger partial charge in [0.05, 0.1) is 22.7 Å². The molecule has 0 aliphatic rings. The highest BCUT2D eigenvalue weighted by atomic mass is 32.2. The first kappa shape index (κ1) is 24.4. The normalized spacial score (nSPS) is 12.0. The van der Waals surface area contributed by atoms with Gasteiger partial charge in [0.1, 0.15) is 11.4 Å². The second kappa shape index (κ2) is 8.93. The van der Waals surface area contributed by atoms with Gasteiger partial charge in [-0.2, -0.15) is 4.39 Å². The van der Waals surface area contributed by atoms with Crippen LogP contribution in [-0.2, 0) is 21.3 Å². The Hall–Kier alpha value is -3.27. The SMILES string of the molecule is Cc1ccc(S(=O)(=O)n2cc(CN(C)C(=O)OC(C)(C)C)cc2-c2cccnc2F)cc1F. The molecule has 0 N–H and O–H groups in total. The lowest BCUT2D eigenvalue weighted by molar-refractivity contribution is 0.0285. The molecule has 0 fully saturated rings. The van der Waals surface area contributed by atoms with Crippen LogP contribution in [0.5, 0.6) is 0 Å². The number of carbonyl (C=O) groups is 1. The van der Waals surface area contributed by atoms with Crippen molar-refractivity contribution in [2.75, 3.05) is 7.05 Å². The van der Waals surface area contributed by atoms with E-state index in [1.54, 1.807) is 20.8 Å². The number of pyridine rings is 1. The molecule has 0 aliphatic heterocycles. The molecule has 2 aromatic heterocycles. The van der Waals surface area contributed by atoms with Crippen LogP contribution in [0.4, 0.5) is 13.6 Å². The van der Waals surface area contributed by atoms with Crippen LogP contribution in [0.3, 0.4) is 0 Å². The first-order valence-electron chi connectivity index (χ1n) is 10.1. The molecule has 0 aliphatic carbocycles. The van der Waals surface area contributed by atoms with Crippen molar-refractivity contribution >= 4 is 16.1 Å². The van der Waals surface area contributed by atoms with Gasteiger partial charge in [-0.3, -0.25) is 0 Å². The maximum atomic E-state index is 14.5. The van der Waals surface area contributed by atoms with Crippen LogP contribution in [0.1, 0.15) is 31.9 Å². The van der Waals surface area contributed by atoms with Crippen molar-refractivity contribution < 1.29 is 26.7 Å². The summed E-state index contributed by atoms with van der Waals surface area (Å²) in [5, 5.41) is 0. The maximum Gasteiger partial charge on any atom is 0.410 e. The zero-order chi connectivity index (χ0) is 24.6. The van der Waals surface area contributed by atoms with Crippen LogP contribution in [0, 0.1) is 18.7 Å². The summed E-state index contributed by atoms with van der Waals surface area (Å²) in [6.45, 7) is 6.69. The monoisotopic (exact) mass is 477 g/mol. The Kier molecular flexibility index (Phi) is 6.60. The van der Waals surface area contributed by atoms with Gasteiger partial charge in [-0.1, -0.05) is 6.07 Å². The molecule has 33 heavy (non-hydrogen) atoms. The van der Waals surface area contributed by atoms with Gasteiger partial charge in [0.25, 0.3) is 10.0 Å². The van der Waals surface area contributed by atoms with Gasteiger partial charge in [-0.25, -0.2) is 26.6 Å². The lowest BCUT2D eigenvalue weighted by Crippen LogP contribution is -2.33. The van der Waals surface area contributed by atoms with Crippen LogP contribution >= 0.6 is 0 Å². The molecule has 3 aromatic rings. The lowest BCUT2D eigenvalue weighted by Gasteiger charge is -2.24. The molecule has 10 heteroatoms. The number of ether oxygens (including phenoxy) is 1. The number of carbonyl (C=O) groups excluding carboxylic acids is 1. The molecule has 0 bridgehead atoms. The van der Waals surface area contributed by atoms with E-state index < -0.39 is 33.5 Å². The zero-order valence-corrected chi connectivity index (χ0v) is 19.8. The van der Waals surface area contributed by atoms with E-state index in [4.69, 9.17) is 4.74 Å². The number of rotatable bonds is 5. The number of halogens is 2. The number of benzene rings is 1. The van der Waals surface area contributed by atoms with Gasteiger partial charge in [0.2, 0.25) is 5.95 Å². The fraction of sp³-hybridized carbons (Fsp3) is 0.304. The Labute approximate surface area is 191 Å². The molecule has 2 heterocycles. The van der Waals surface area contributed by atoms with E-state index in [-0.39, 0.29) is 22.7 Å². The quantitative estimate of drug-likeness (QED) is 0.496. The molecule has 0 atom stereocenters. The predicted molar refractivity (Wildman–Crippen MR) is 119 cm³/mol. The summed E-state index contributed by atoms with van der Waals surface area (Å²) < 4.78 is 61.5. The summed E-state index contributed by atoms with van der Waals surface area (Å²) in [5.74, 6) is -1.54. The third-order valence-electron chi connectivity index (χ3n) is 4.70. The van der Waals surface area contributed by atoms with E-state index in [0.29, 0.717) is 11.1 Å². The smallest absolute Gasteiger partial charge is 0.410 e. The molecule has 0 saturated heterocycles. The first-order chi connectivity index (χ1) is 15.3. The van der Waals surface area contributed by atoms with Crippen molar-refractivity contribution in [1.29, 1.82) is 0 Å². The van der Waals surface area contributed by atoms with E-state index in [1.165, 1.54) is 61.6 Å². The van der Waals surface area contributed by atoms with Crippen molar-refractivity contribution in [2.45, 2.75) is 44.7 Å². The fourth-order valence-corrected chi connectivity index (χ4v) is 4.49. The highest BCUT2D eigenvalue weighted by molar-refractivity contribution is 7.90. The number of hydrogen-bond donors (Lipinski definition) is 0. The molecular formula is C23H25F2N3O4S. The Morgan fingerprint density at radius 2 is 1.88 bits per heavy atom. The minimum atomic E-state index is -4.29. The lowest BCUT2D eigenvalue weighted by atomic mass is 10.2. The summed E-state index contributed by atoms with van der Waals surface area (Å²) in [6.07, 6.45) is 1.91. The zero-order valence-electron chi connectivity index (χ0n) is 19.0. The Balaban J connectivity index is 2.09. The third-order valence-corrected chi connectivity index (χ3v) is 6.37. The summed E-state index contributed by atoms with van der Waals surface area (Å²) in [4.78, 5) is 16.9. The molecule has 0 unspecified atom stereocenters. The van der Waals surface area contributed by atoms with Crippen molar-refractivity contribution in [3.05, 3.63) is 71.7 Å². The maximum absolute atomic E-state index is 14.5. The first-order valence-corrected chi connectivity index (χ1v) is 11.5. The van der Waals surface area contributed by atoms with E-state index >= 15 is 0 Å². The Bertz CT molecular complexity index is 1300. The molecule has 0 saturated carbocycles. The van der Waals surface area contributed by atoms with Gasteiger partial charge in [0, 0.05) is 19.4 Å². The van der Waals surface area contributed by atoms with Crippen LogP contribution in [0.2, 0.25) is 0 Å². The van der Waals surface area contributed by atoms with Crippen molar-refractivity contribution in [1.82, 2.24) is 13.9 Å². The molecule has 1 amide bonds. The minimum absolute atomic E-state index is 0.00538. The second-order valence-corrected chi connectivity index (χ2v) is 10.4. The van der Waals surface area contributed by atoms with Crippen molar-refractivity contribution in [3.63, 3.8) is 0 Å². The van der Waals surface area contributed by atoms with Crippen LogP contribution in [0.15, 0.2) is 53.7 Å². The number of hydrogen-bond acceptors (Lipinski definition) is 5. The molecule has 7 nitrogen and oxygen atoms in total. The fourth-order valence-electron chi connectivity index (χ4n) is 3.08. The minimum Gasteiger partial charge on any atom is -0.444 e. The summed E-state index contributed by atoms with van der Waals surface area (Å²) >= 11 is 0. The van der Waals surface area contributed by atoms with Gasteiger partial charge in [0.15, 0.2) is 0 Å². The topological polar surface area (TPSA) is 81.5 Å². The number of aryl methyl sites for hydroxylation is 1. The standard InChI is InChI=1S/C23H25F2N3O4S/c1-15-8-9-17(12-19(15)24)33(30,31)28-14-16(13-27(5)22(29)32-23(2,3)4)11-20(28)18-7-6-10-26-21(18)25/h6-12,14H,13H2,1-5H3. The number of aromatic nitrogens is 2. The third kappa shape index (κ3) is 5.39. The van der Waals surface area contributed by atoms with Gasteiger partial charge in [-0.15, -0.1) is 0 Å². The van der Waals surface area contributed by atoms with Crippen molar-refractivity contribution in [3.8, 4) is 11.3 Å². The highest BCUT2D eigenvalue weighted by Crippen LogP contribution is 2.29. The molecule has 0 spiro atoms. The van der Waals surface area contributed by atoms with E-state index in [9.17, 15) is 22.0 Å². The Morgan fingerprint density at radius 1 is 1.18 bits per heavy atom. The molecule has 3 rings (SSSR count). The molecule has 176 valence electrons. The predicted octanol–water partition coefficient (Wildman–Crippen LogP) is 4.74. The van der Waals surface area contributed by atoms with Crippen LogP contribution in [0.25, 0.3) is 11.3 Å². The largest absolute Gasteiger partial charge is 0.444 e. The van der Waals surface area contributed by atoms with Gasteiger partial charge in [-0.05, 0) is 69.2 Å². The summed E-state index contributed by atoms with van der Waals surface area (Å²) in [6, 6.07) is 7.86. The molecule has 1 aromatic carbocycles. The van der Waals surface area contributed by atoms with Gasteiger partial charge < -0.3 is 9.64 Å². The van der Waals surface area contributed by atoms with E-state index in [0.717, 1.165) is 10.0 Å². The highest BCUT2D eigenvalue weighted by Gasteiger charge is 2.26. The van der Waals surface area contributed by atoms with Crippen LogP contribution < -0.4 is 0 Å². The van der Waals surface area contributed by atoms with Crippen molar-refractivity contribution in [2.24, 2.45) is 0 Å². The number of amides is 1. The average Bonchev–Trinajstić information content (AvgIpc) is 3.13. The summed E-state index contributed by atoms with van der Waals surface area (Å²) in [7, 11) is -2.79. The number of nitrogens with zero attached hydrogens (tertiary/aromatic N) is 3. The van der Waals surface area contributed by atoms with E-state index in [2.05, 4.69) is 4.98 Å². The van der Waals surface area contributed by atoms with Gasteiger partial charge >= 0.3 is 6.09 Å². The molecule has 0 radical (unpaired) electrons. The average molecular weight is 478 g/mol. The Morgan fingerprint density at radius 3 is 2.48 bits per heavy atom. The van der Waals surface area contributed by atoms with E-state index in [1.807, 2.05) is 0 Å². The molecular weight excluding hydrogens is 452 g/mol. The summed E-state index contributed by atoms with van der Waals surface area (Å²) in [5.41, 5.74) is -0.0773. The van der Waals surface area contributed by atoms with Crippen LogP contribution in [-0.4, -0.2) is 41.0 Å². The second-order valence-electron chi connectivity index (χ2n) is 8.62.